The molecule has 2 N–H and O–H groups in total. The topological polar surface area (TPSA) is 92.7 Å². The lowest BCUT2D eigenvalue weighted by atomic mass is 10.1. The lowest BCUT2D eigenvalue weighted by Gasteiger charge is -2.12. The molecule has 2 aromatic rings. The van der Waals surface area contributed by atoms with E-state index in [1.165, 1.54) is 38.3 Å². The first kappa shape index (κ1) is 16.8. The molecule has 8 heteroatoms. The van der Waals surface area contributed by atoms with Gasteiger partial charge in [0.1, 0.15) is 0 Å². The van der Waals surface area contributed by atoms with Gasteiger partial charge in [0.2, 0.25) is 0 Å². The van der Waals surface area contributed by atoms with Gasteiger partial charge < -0.3 is 9.84 Å². The molecule has 0 fully saturated rings. The highest BCUT2D eigenvalue weighted by Crippen LogP contribution is 2.24. The molecule has 0 radical (unpaired) electrons. The second-order valence-corrected chi connectivity index (χ2v) is 6.39. The number of benzene rings is 2. The number of hydrogen-bond donors (Lipinski definition) is 2. The van der Waals surface area contributed by atoms with Crippen LogP contribution in [0.1, 0.15) is 15.9 Å². The number of sulfonamides is 1. The fourth-order valence-electron chi connectivity index (χ4n) is 1.96. The van der Waals surface area contributed by atoms with E-state index < -0.39 is 21.8 Å². The van der Waals surface area contributed by atoms with Crippen LogP contribution >= 0.6 is 0 Å². The average molecular weight is 339 g/mol. The summed E-state index contributed by atoms with van der Waals surface area (Å²) < 4.78 is 45.4. The number of anilines is 1. The van der Waals surface area contributed by atoms with Crippen LogP contribution in [0, 0.1) is 12.7 Å². The van der Waals surface area contributed by atoms with Crippen LogP contribution in [0.4, 0.5) is 10.1 Å². The molecule has 0 amide bonds. The Morgan fingerprint density at radius 1 is 1.22 bits per heavy atom. The first-order chi connectivity index (χ1) is 10.7. The number of halogens is 1. The molecule has 122 valence electrons. The Balaban J connectivity index is 2.41. The number of hydrogen-bond acceptors (Lipinski definition) is 4. The van der Waals surface area contributed by atoms with Crippen molar-refractivity contribution >= 4 is 21.7 Å². The van der Waals surface area contributed by atoms with E-state index in [0.717, 1.165) is 12.1 Å². The Hall–Kier alpha value is -2.61. The van der Waals surface area contributed by atoms with Gasteiger partial charge in [-0.3, -0.25) is 4.72 Å². The normalized spacial score (nSPS) is 11.1. The lowest BCUT2D eigenvalue weighted by Crippen LogP contribution is -2.15. The summed E-state index contributed by atoms with van der Waals surface area (Å²) in [5.41, 5.74) is 0.219. The Labute approximate surface area is 132 Å². The summed E-state index contributed by atoms with van der Waals surface area (Å²) in [7, 11) is -2.76. The smallest absolute Gasteiger partial charge is 0.335 e. The highest BCUT2D eigenvalue weighted by atomic mass is 32.2. The SMILES string of the molecule is COc1ccc(NS(=O)(=O)c2cc(C(=O)O)ccc2C)cc1F. The number of aromatic carboxylic acids is 1. The van der Waals surface area contributed by atoms with E-state index in [2.05, 4.69) is 4.72 Å². The predicted octanol–water partition coefficient (Wildman–Crippen LogP) is 2.64. The number of carbonyl (C=O) groups is 1. The number of carboxylic acids is 1. The van der Waals surface area contributed by atoms with Crippen molar-refractivity contribution in [2.45, 2.75) is 11.8 Å². The number of aryl methyl sites for hydroxylation is 1. The van der Waals surface area contributed by atoms with Gasteiger partial charge in [0.05, 0.1) is 23.3 Å². The zero-order chi connectivity index (χ0) is 17.2. The lowest BCUT2D eigenvalue weighted by molar-refractivity contribution is 0.0696. The standard InChI is InChI=1S/C15H14FNO5S/c1-9-3-4-10(15(18)19)7-14(9)23(20,21)17-11-5-6-13(22-2)12(16)8-11/h3-8,17H,1-2H3,(H,18,19). The summed E-state index contributed by atoms with van der Waals surface area (Å²) >= 11 is 0. The average Bonchev–Trinajstić information content (AvgIpc) is 2.47. The molecule has 0 bridgehead atoms. The molecule has 2 rings (SSSR count). The quantitative estimate of drug-likeness (QED) is 0.873. The number of methoxy groups -OCH3 is 1. The summed E-state index contributed by atoms with van der Waals surface area (Å²) in [6.45, 7) is 1.54. The number of nitrogens with one attached hydrogen (secondary N) is 1. The molecule has 0 saturated heterocycles. The first-order valence-electron chi connectivity index (χ1n) is 6.45. The number of ether oxygens (including phenoxy) is 1. The number of carboxylic acid groups (broad SMARTS) is 1. The maximum absolute atomic E-state index is 13.6. The summed E-state index contributed by atoms with van der Waals surface area (Å²) in [4.78, 5) is 10.8. The van der Waals surface area contributed by atoms with Gasteiger partial charge in [-0.05, 0) is 36.8 Å². The van der Waals surface area contributed by atoms with Crippen molar-refractivity contribution in [2.24, 2.45) is 0 Å². The maximum atomic E-state index is 13.6. The third kappa shape index (κ3) is 3.59. The zero-order valence-corrected chi connectivity index (χ0v) is 13.1. The summed E-state index contributed by atoms with van der Waals surface area (Å²) in [6.07, 6.45) is 0. The predicted molar refractivity (Wildman–Crippen MR) is 81.9 cm³/mol. The van der Waals surface area contributed by atoms with E-state index in [9.17, 15) is 17.6 Å². The molecule has 0 unspecified atom stereocenters. The molecule has 2 aromatic carbocycles. The van der Waals surface area contributed by atoms with E-state index >= 15 is 0 Å². The van der Waals surface area contributed by atoms with Crippen LogP contribution in [0.25, 0.3) is 0 Å². The van der Waals surface area contributed by atoms with Gasteiger partial charge in [-0.25, -0.2) is 17.6 Å². The first-order valence-corrected chi connectivity index (χ1v) is 7.93. The van der Waals surface area contributed by atoms with Gasteiger partial charge in [0.15, 0.2) is 11.6 Å². The van der Waals surface area contributed by atoms with Crippen molar-refractivity contribution in [3.63, 3.8) is 0 Å². The van der Waals surface area contributed by atoms with Crippen LogP contribution in [-0.2, 0) is 10.0 Å². The molecular weight excluding hydrogens is 325 g/mol. The fourth-order valence-corrected chi connectivity index (χ4v) is 3.28. The van der Waals surface area contributed by atoms with Crippen LogP contribution in [0.3, 0.4) is 0 Å². The zero-order valence-electron chi connectivity index (χ0n) is 12.3. The second-order valence-electron chi connectivity index (χ2n) is 4.74. The summed E-state index contributed by atoms with van der Waals surface area (Å²) in [5.74, 6) is -1.97. The molecule has 0 aliphatic rings. The summed E-state index contributed by atoms with van der Waals surface area (Å²) in [5, 5.41) is 8.97. The van der Waals surface area contributed by atoms with Crippen molar-refractivity contribution < 1.29 is 27.4 Å². The van der Waals surface area contributed by atoms with Gasteiger partial charge in [0.25, 0.3) is 10.0 Å². The van der Waals surface area contributed by atoms with E-state index in [-0.39, 0.29) is 21.9 Å². The van der Waals surface area contributed by atoms with Gasteiger partial charge in [-0.15, -0.1) is 0 Å². The molecular formula is C15H14FNO5S. The minimum atomic E-state index is -4.06. The molecule has 0 heterocycles. The van der Waals surface area contributed by atoms with Gasteiger partial charge in [0, 0.05) is 6.07 Å². The molecule has 0 aromatic heterocycles. The Morgan fingerprint density at radius 2 is 1.91 bits per heavy atom. The van der Waals surface area contributed by atoms with Crippen molar-refractivity contribution in [1.82, 2.24) is 0 Å². The second kappa shape index (κ2) is 6.25. The van der Waals surface area contributed by atoms with Crippen molar-refractivity contribution in [1.29, 1.82) is 0 Å². The van der Waals surface area contributed by atoms with E-state index in [0.29, 0.717) is 5.56 Å². The van der Waals surface area contributed by atoms with Gasteiger partial charge in [-0.1, -0.05) is 6.07 Å². The van der Waals surface area contributed by atoms with Crippen LogP contribution < -0.4 is 9.46 Å². The third-order valence-corrected chi connectivity index (χ3v) is 4.65. The van der Waals surface area contributed by atoms with Crippen molar-refractivity contribution in [2.75, 3.05) is 11.8 Å². The molecule has 0 atom stereocenters. The minimum absolute atomic E-state index is 0.00317. The fraction of sp³-hybridized carbons (Fsp3) is 0.133. The molecule has 0 aliphatic heterocycles. The summed E-state index contributed by atoms with van der Waals surface area (Å²) in [6, 6.07) is 7.37. The Kier molecular flexibility index (Phi) is 4.55. The molecule has 0 spiro atoms. The van der Waals surface area contributed by atoms with E-state index in [4.69, 9.17) is 9.84 Å². The monoisotopic (exact) mass is 339 g/mol. The number of rotatable bonds is 5. The van der Waals surface area contributed by atoms with Crippen molar-refractivity contribution in [3.05, 3.63) is 53.3 Å². The van der Waals surface area contributed by atoms with E-state index in [1.54, 1.807) is 0 Å². The van der Waals surface area contributed by atoms with Crippen LogP contribution in [0.15, 0.2) is 41.3 Å². The van der Waals surface area contributed by atoms with Crippen LogP contribution in [-0.4, -0.2) is 26.6 Å². The van der Waals surface area contributed by atoms with Crippen molar-refractivity contribution in [3.8, 4) is 5.75 Å². The Bertz CT molecular complexity index is 864. The van der Waals surface area contributed by atoms with Gasteiger partial charge in [-0.2, -0.15) is 0 Å². The Morgan fingerprint density at radius 3 is 2.48 bits per heavy atom. The minimum Gasteiger partial charge on any atom is -0.494 e. The van der Waals surface area contributed by atoms with Crippen LogP contribution in [0.2, 0.25) is 0 Å². The highest BCUT2D eigenvalue weighted by Gasteiger charge is 2.19. The highest BCUT2D eigenvalue weighted by molar-refractivity contribution is 7.92. The maximum Gasteiger partial charge on any atom is 0.335 e. The third-order valence-electron chi connectivity index (χ3n) is 3.13. The van der Waals surface area contributed by atoms with E-state index in [1.807, 2.05) is 0 Å². The van der Waals surface area contributed by atoms with Gasteiger partial charge >= 0.3 is 5.97 Å². The molecule has 0 saturated carbocycles. The largest absolute Gasteiger partial charge is 0.494 e. The molecule has 23 heavy (non-hydrogen) atoms. The molecule has 6 nitrogen and oxygen atoms in total. The molecule has 0 aliphatic carbocycles. The van der Waals surface area contributed by atoms with Crippen LogP contribution in [0.5, 0.6) is 5.75 Å².